The van der Waals surface area contributed by atoms with E-state index in [0.717, 1.165) is 26.1 Å². The lowest BCUT2D eigenvalue weighted by atomic mass is 10.2. The smallest absolute Gasteiger partial charge is 0.303 e. The number of nitrogens with zero attached hydrogens (tertiary/aromatic N) is 1. The normalized spacial score (nSPS) is 10.5. The maximum Gasteiger partial charge on any atom is 0.303 e. The molecule has 1 amide bonds. The first-order chi connectivity index (χ1) is 8.10. The number of aliphatic carboxylic acids is 1. The van der Waals surface area contributed by atoms with E-state index >= 15 is 0 Å². The lowest BCUT2D eigenvalue weighted by Gasteiger charge is -2.19. The molecule has 100 valence electrons. The molecule has 0 saturated heterocycles. The molecule has 0 aromatic heterocycles. The molecule has 0 aliphatic heterocycles. The Morgan fingerprint density at radius 3 is 2.41 bits per heavy atom. The fourth-order valence-electron chi connectivity index (χ4n) is 1.59. The van der Waals surface area contributed by atoms with Gasteiger partial charge in [-0.3, -0.25) is 9.59 Å². The molecule has 0 aromatic rings. The summed E-state index contributed by atoms with van der Waals surface area (Å²) < 4.78 is 0. The highest BCUT2D eigenvalue weighted by Gasteiger charge is 2.04. The van der Waals surface area contributed by atoms with Crippen LogP contribution in [0.1, 0.15) is 39.5 Å². The minimum Gasteiger partial charge on any atom is -0.481 e. The average molecular weight is 244 g/mol. The molecule has 17 heavy (non-hydrogen) atoms. The highest BCUT2D eigenvalue weighted by Crippen LogP contribution is 1.95. The molecular formula is C12H24N2O3. The molecule has 5 nitrogen and oxygen atoms in total. The summed E-state index contributed by atoms with van der Waals surface area (Å²) in [7, 11) is 0. The number of likely N-dealkylation sites (N-methyl/N-ethyl adjacent to an activating group) is 1. The molecule has 0 aliphatic rings. The quantitative estimate of drug-likeness (QED) is 0.603. The van der Waals surface area contributed by atoms with Crippen LogP contribution in [0.25, 0.3) is 0 Å². The minimum absolute atomic E-state index is 0.0567. The first kappa shape index (κ1) is 15.9. The zero-order valence-corrected chi connectivity index (χ0v) is 10.9. The molecule has 0 atom stereocenters. The Hall–Kier alpha value is -1.10. The zero-order chi connectivity index (χ0) is 13.1. The summed E-state index contributed by atoms with van der Waals surface area (Å²) in [5, 5.41) is 11.2. The van der Waals surface area contributed by atoms with E-state index in [9.17, 15) is 9.59 Å². The summed E-state index contributed by atoms with van der Waals surface area (Å²) in [5.74, 6) is -0.906. The molecule has 0 heterocycles. The Bertz CT molecular complexity index is 232. The third kappa shape index (κ3) is 9.81. The molecule has 0 rings (SSSR count). The van der Waals surface area contributed by atoms with Gasteiger partial charge in [0.25, 0.3) is 0 Å². The van der Waals surface area contributed by atoms with Crippen LogP contribution < -0.4 is 5.32 Å². The maximum atomic E-state index is 11.3. The molecule has 0 spiro atoms. The fraction of sp³-hybridized carbons (Fsp3) is 0.833. The van der Waals surface area contributed by atoms with Gasteiger partial charge in [-0.25, -0.2) is 0 Å². The minimum atomic E-state index is -0.849. The van der Waals surface area contributed by atoms with Crippen LogP contribution in [0.15, 0.2) is 0 Å². The largest absolute Gasteiger partial charge is 0.481 e. The van der Waals surface area contributed by atoms with Crippen molar-refractivity contribution in [3.05, 3.63) is 0 Å². The van der Waals surface area contributed by atoms with Gasteiger partial charge in [0.05, 0.1) is 0 Å². The predicted octanol–water partition coefficient (Wildman–Crippen LogP) is 1.09. The molecule has 0 bridgehead atoms. The first-order valence-electron chi connectivity index (χ1n) is 6.31. The van der Waals surface area contributed by atoms with E-state index in [2.05, 4.69) is 24.1 Å². The van der Waals surface area contributed by atoms with E-state index in [1.807, 2.05) is 0 Å². The van der Waals surface area contributed by atoms with Gasteiger partial charge < -0.3 is 15.3 Å². The monoisotopic (exact) mass is 244 g/mol. The molecule has 0 aliphatic carbocycles. The molecule has 2 N–H and O–H groups in total. The average Bonchev–Trinajstić information content (AvgIpc) is 2.27. The second kappa shape index (κ2) is 10.1. The van der Waals surface area contributed by atoms with Crippen molar-refractivity contribution in [1.82, 2.24) is 10.2 Å². The van der Waals surface area contributed by atoms with E-state index in [-0.39, 0.29) is 12.3 Å². The van der Waals surface area contributed by atoms with Crippen molar-refractivity contribution < 1.29 is 14.7 Å². The Labute approximate surface area is 103 Å². The number of amides is 1. The number of carboxylic acids is 1. The van der Waals surface area contributed by atoms with Crippen LogP contribution in [0, 0.1) is 0 Å². The topological polar surface area (TPSA) is 69.6 Å². The lowest BCUT2D eigenvalue weighted by molar-refractivity contribution is -0.137. The summed E-state index contributed by atoms with van der Waals surface area (Å²) in [6.07, 6.45) is 1.88. The summed E-state index contributed by atoms with van der Waals surface area (Å²) in [5.41, 5.74) is 0. The maximum absolute atomic E-state index is 11.3. The molecule has 0 fully saturated rings. The number of hydrogen-bond acceptors (Lipinski definition) is 3. The Kier molecular flexibility index (Phi) is 9.43. The van der Waals surface area contributed by atoms with Gasteiger partial charge in [-0.2, -0.15) is 0 Å². The SMILES string of the molecule is CCCN(CC)CCNC(=O)CCCC(=O)O. The number of carboxylic acid groups (broad SMARTS) is 1. The molecule has 0 saturated carbocycles. The first-order valence-corrected chi connectivity index (χ1v) is 6.31. The van der Waals surface area contributed by atoms with Gasteiger partial charge >= 0.3 is 5.97 Å². The third-order valence-corrected chi connectivity index (χ3v) is 2.53. The van der Waals surface area contributed by atoms with Gasteiger partial charge in [-0.1, -0.05) is 13.8 Å². The van der Waals surface area contributed by atoms with Crippen molar-refractivity contribution in [3.63, 3.8) is 0 Å². The van der Waals surface area contributed by atoms with Crippen molar-refractivity contribution in [2.75, 3.05) is 26.2 Å². The molecular weight excluding hydrogens is 220 g/mol. The summed E-state index contributed by atoms with van der Waals surface area (Å²) in [4.78, 5) is 23.9. The van der Waals surface area contributed by atoms with Gasteiger partial charge in [0.2, 0.25) is 5.91 Å². The summed E-state index contributed by atoms with van der Waals surface area (Å²) in [6.45, 7) is 7.76. The molecule has 5 heteroatoms. The lowest BCUT2D eigenvalue weighted by Crippen LogP contribution is -2.35. The van der Waals surface area contributed by atoms with Crippen LogP contribution in [0.2, 0.25) is 0 Å². The van der Waals surface area contributed by atoms with E-state index in [1.165, 1.54) is 0 Å². The predicted molar refractivity (Wildman–Crippen MR) is 66.9 cm³/mol. The number of carbonyl (C=O) groups excluding carboxylic acids is 1. The Morgan fingerprint density at radius 1 is 1.18 bits per heavy atom. The van der Waals surface area contributed by atoms with Gasteiger partial charge in [0.15, 0.2) is 0 Å². The van der Waals surface area contributed by atoms with Gasteiger partial charge in [0.1, 0.15) is 0 Å². The summed E-state index contributed by atoms with van der Waals surface area (Å²) >= 11 is 0. The van der Waals surface area contributed by atoms with Crippen molar-refractivity contribution in [2.24, 2.45) is 0 Å². The highest BCUT2D eigenvalue weighted by molar-refractivity contribution is 5.76. The fourth-order valence-corrected chi connectivity index (χ4v) is 1.59. The third-order valence-electron chi connectivity index (χ3n) is 2.53. The number of rotatable bonds is 10. The van der Waals surface area contributed by atoms with Crippen molar-refractivity contribution in [3.8, 4) is 0 Å². The number of hydrogen-bond donors (Lipinski definition) is 2. The van der Waals surface area contributed by atoms with Crippen LogP contribution >= 0.6 is 0 Å². The molecule has 0 radical (unpaired) electrons. The van der Waals surface area contributed by atoms with E-state index in [4.69, 9.17) is 5.11 Å². The van der Waals surface area contributed by atoms with E-state index in [0.29, 0.717) is 19.4 Å². The highest BCUT2D eigenvalue weighted by atomic mass is 16.4. The standard InChI is InChI=1S/C12H24N2O3/c1-3-9-14(4-2)10-8-13-11(15)6-5-7-12(16)17/h3-10H2,1-2H3,(H,13,15)(H,16,17). The second-order valence-corrected chi connectivity index (χ2v) is 4.03. The summed E-state index contributed by atoms with van der Waals surface area (Å²) in [6, 6.07) is 0. The van der Waals surface area contributed by atoms with Gasteiger partial charge in [-0.15, -0.1) is 0 Å². The van der Waals surface area contributed by atoms with Crippen LogP contribution in [-0.2, 0) is 9.59 Å². The van der Waals surface area contributed by atoms with E-state index < -0.39 is 5.97 Å². The van der Waals surface area contributed by atoms with Crippen LogP contribution in [0.3, 0.4) is 0 Å². The van der Waals surface area contributed by atoms with E-state index in [1.54, 1.807) is 0 Å². The van der Waals surface area contributed by atoms with Crippen molar-refractivity contribution >= 4 is 11.9 Å². The zero-order valence-electron chi connectivity index (χ0n) is 10.9. The van der Waals surface area contributed by atoms with Crippen LogP contribution in [0.5, 0.6) is 0 Å². The van der Waals surface area contributed by atoms with Crippen LogP contribution in [0.4, 0.5) is 0 Å². The second-order valence-electron chi connectivity index (χ2n) is 4.03. The van der Waals surface area contributed by atoms with Crippen molar-refractivity contribution in [2.45, 2.75) is 39.5 Å². The molecule has 0 aromatic carbocycles. The number of carbonyl (C=O) groups is 2. The Morgan fingerprint density at radius 2 is 1.88 bits per heavy atom. The Balaban J connectivity index is 3.52. The van der Waals surface area contributed by atoms with Gasteiger partial charge in [0, 0.05) is 25.9 Å². The van der Waals surface area contributed by atoms with Crippen LogP contribution in [-0.4, -0.2) is 48.1 Å². The number of nitrogens with one attached hydrogen (secondary N) is 1. The molecule has 0 unspecified atom stereocenters. The van der Waals surface area contributed by atoms with Gasteiger partial charge in [-0.05, 0) is 25.9 Å². The van der Waals surface area contributed by atoms with Crippen molar-refractivity contribution in [1.29, 1.82) is 0 Å².